The number of piperidine rings is 1. The molecule has 128 valence electrons. The Morgan fingerprint density at radius 1 is 1.25 bits per heavy atom. The van der Waals surface area contributed by atoms with E-state index < -0.39 is 0 Å². The van der Waals surface area contributed by atoms with E-state index in [0.717, 1.165) is 55.7 Å². The molecule has 2 aromatic heterocycles. The van der Waals surface area contributed by atoms with Gasteiger partial charge in [-0.1, -0.05) is 13.8 Å². The second kappa shape index (κ2) is 7.70. The van der Waals surface area contributed by atoms with E-state index in [1.165, 1.54) is 0 Å². The number of rotatable bonds is 5. The van der Waals surface area contributed by atoms with Crippen LogP contribution in [-0.2, 0) is 12.8 Å². The van der Waals surface area contributed by atoms with Crippen LogP contribution < -0.4 is 10.2 Å². The predicted molar refractivity (Wildman–Crippen MR) is 95.6 cm³/mol. The van der Waals surface area contributed by atoms with Crippen LogP contribution in [0.5, 0.6) is 0 Å². The number of carbonyl (C=O) groups excluding carboxylic acids is 1. The number of amides is 1. The topological polar surface area (TPSA) is 71.0 Å². The van der Waals surface area contributed by atoms with Crippen LogP contribution in [0.15, 0.2) is 16.8 Å². The minimum absolute atomic E-state index is 0.0215. The van der Waals surface area contributed by atoms with Gasteiger partial charge in [-0.3, -0.25) is 4.79 Å². The quantitative estimate of drug-likeness (QED) is 0.901. The maximum Gasteiger partial charge on any atom is 0.252 e. The van der Waals surface area contributed by atoms with Crippen LogP contribution in [0, 0.1) is 0 Å². The number of hydrogen-bond acceptors (Lipinski definition) is 6. The summed E-state index contributed by atoms with van der Waals surface area (Å²) in [5, 5.41) is 15.5. The lowest BCUT2D eigenvalue weighted by Gasteiger charge is -2.32. The molecule has 1 aliphatic rings. The minimum atomic E-state index is 0.0215. The Morgan fingerprint density at radius 2 is 2.00 bits per heavy atom. The van der Waals surface area contributed by atoms with Crippen molar-refractivity contribution in [2.24, 2.45) is 0 Å². The highest BCUT2D eigenvalue weighted by Crippen LogP contribution is 2.18. The molecule has 1 fully saturated rings. The van der Waals surface area contributed by atoms with Crippen molar-refractivity contribution in [3.05, 3.63) is 33.8 Å². The van der Waals surface area contributed by atoms with Crippen molar-refractivity contribution in [1.29, 1.82) is 0 Å². The molecule has 1 aliphatic heterocycles. The van der Waals surface area contributed by atoms with E-state index in [1.807, 2.05) is 16.8 Å². The summed E-state index contributed by atoms with van der Waals surface area (Å²) in [6.07, 6.45) is 3.53. The molecule has 0 unspecified atom stereocenters. The SMILES string of the molecule is CCc1nnc(N2CCC(NC(=O)c3ccsc3)CC2)nc1CC. The number of anilines is 1. The maximum atomic E-state index is 12.1. The first kappa shape index (κ1) is 16.8. The van der Waals surface area contributed by atoms with Crippen molar-refractivity contribution in [3.8, 4) is 0 Å². The largest absolute Gasteiger partial charge is 0.349 e. The van der Waals surface area contributed by atoms with Crippen molar-refractivity contribution in [2.75, 3.05) is 18.0 Å². The van der Waals surface area contributed by atoms with E-state index in [4.69, 9.17) is 0 Å². The summed E-state index contributed by atoms with van der Waals surface area (Å²) in [6.45, 7) is 5.85. The zero-order valence-electron chi connectivity index (χ0n) is 14.2. The van der Waals surface area contributed by atoms with Crippen molar-refractivity contribution in [2.45, 2.75) is 45.6 Å². The summed E-state index contributed by atoms with van der Waals surface area (Å²) in [6, 6.07) is 2.07. The average molecular weight is 345 g/mol. The number of nitrogens with one attached hydrogen (secondary N) is 1. The van der Waals surface area contributed by atoms with Gasteiger partial charge in [-0.05, 0) is 37.1 Å². The molecule has 0 radical (unpaired) electrons. The molecule has 24 heavy (non-hydrogen) atoms. The first-order chi connectivity index (χ1) is 11.7. The van der Waals surface area contributed by atoms with E-state index in [-0.39, 0.29) is 11.9 Å². The van der Waals surface area contributed by atoms with Gasteiger partial charge in [0.05, 0.1) is 11.4 Å². The van der Waals surface area contributed by atoms with Crippen molar-refractivity contribution < 1.29 is 4.79 Å². The predicted octanol–water partition coefficient (Wildman–Crippen LogP) is 2.46. The molecule has 1 N–H and O–H groups in total. The summed E-state index contributed by atoms with van der Waals surface area (Å²) in [5.74, 6) is 0.736. The Kier molecular flexibility index (Phi) is 5.40. The van der Waals surface area contributed by atoms with Gasteiger partial charge >= 0.3 is 0 Å². The van der Waals surface area contributed by atoms with Crippen LogP contribution in [-0.4, -0.2) is 40.2 Å². The summed E-state index contributed by atoms with van der Waals surface area (Å²) < 4.78 is 0. The fourth-order valence-electron chi connectivity index (χ4n) is 2.95. The van der Waals surface area contributed by atoms with Crippen molar-refractivity contribution in [1.82, 2.24) is 20.5 Å². The standard InChI is InChI=1S/C17H23N5OS/c1-3-14-15(4-2)20-21-17(19-14)22-8-5-13(6-9-22)18-16(23)12-7-10-24-11-12/h7,10-11,13H,3-6,8-9H2,1-2H3,(H,18,23). The molecule has 3 rings (SSSR count). The molecule has 1 saturated heterocycles. The van der Waals surface area contributed by atoms with Crippen LogP contribution in [0.1, 0.15) is 48.4 Å². The van der Waals surface area contributed by atoms with Crippen LogP contribution in [0.25, 0.3) is 0 Å². The number of aryl methyl sites for hydroxylation is 2. The third kappa shape index (κ3) is 3.72. The molecule has 0 bridgehead atoms. The summed E-state index contributed by atoms with van der Waals surface area (Å²) in [7, 11) is 0. The van der Waals surface area contributed by atoms with Crippen LogP contribution >= 0.6 is 11.3 Å². The Labute approximate surface area is 146 Å². The molecule has 3 heterocycles. The lowest BCUT2D eigenvalue weighted by atomic mass is 10.0. The van der Waals surface area contributed by atoms with E-state index in [2.05, 4.69) is 39.2 Å². The van der Waals surface area contributed by atoms with Crippen LogP contribution in [0.3, 0.4) is 0 Å². The van der Waals surface area contributed by atoms with Gasteiger partial charge in [0.15, 0.2) is 0 Å². The highest BCUT2D eigenvalue weighted by molar-refractivity contribution is 7.08. The van der Waals surface area contributed by atoms with Gasteiger partial charge in [-0.25, -0.2) is 4.98 Å². The third-order valence-electron chi connectivity index (χ3n) is 4.39. The Morgan fingerprint density at radius 3 is 2.62 bits per heavy atom. The van der Waals surface area contributed by atoms with Gasteiger partial charge in [-0.2, -0.15) is 16.4 Å². The van der Waals surface area contributed by atoms with Gasteiger partial charge < -0.3 is 10.2 Å². The van der Waals surface area contributed by atoms with Gasteiger partial charge in [0.2, 0.25) is 5.95 Å². The number of thiophene rings is 1. The number of carbonyl (C=O) groups is 1. The first-order valence-electron chi connectivity index (χ1n) is 8.51. The second-order valence-corrected chi connectivity index (χ2v) is 6.74. The molecule has 6 nitrogen and oxygen atoms in total. The smallest absolute Gasteiger partial charge is 0.252 e. The number of nitrogens with zero attached hydrogens (tertiary/aromatic N) is 4. The van der Waals surface area contributed by atoms with Gasteiger partial charge in [0, 0.05) is 30.1 Å². The molecule has 0 atom stereocenters. The normalized spacial score (nSPS) is 15.5. The highest BCUT2D eigenvalue weighted by Gasteiger charge is 2.23. The maximum absolute atomic E-state index is 12.1. The Bertz CT molecular complexity index is 680. The fraction of sp³-hybridized carbons (Fsp3) is 0.529. The van der Waals surface area contributed by atoms with Crippen LogP contribution in [0.4, 0.5) is 5.95 Å². The molecule has 0 aliphatic carbocycles. The molecule has 2 aromatic rings. The average Bonchev–Trinajstić information content (AvgIpc) is 3.16. The summed E-state index contributed by atoms with van der Waals surface area (Å²) in [4.78, 5) is 19.0. The van der Waals surface area contributed by atoms with E-state index >= 15 is 0 Å². The highest BCUT2D eigenvalue weighted by atomic mass is 32.1. The van der Waals surface area contributed by atoms with Crippen molar-refractivity contribution >= 4 is 23.2 Å². The van der Waals surface area contributed by atoms with E-state index in [0.29, 0.717) is 5.95 Å². The van der Waals surface area contributed by atoms with Crippen LogP contribution in [0.2, 0.25) is 0 Å². The van der Waals surface area contributed by atoms with Gasteiger partial charge in [0.25, 0.3) is 5.91 Å². The number of hydrogen-bond donors (Lipinski definition) is 1. The Balaban J connectivity index is 1.58. The Hall–Kier alpha value is -2.02. The first-order valence-corrected chi connectivity index (χ1v) is 9.46. The van der Waals surface area contributed by atoms with Crippen molar-refractivity contribution in [3.63, 3.8) is 0 Å². The zero-order chi connectivity index (χ0) is 16.9. The molecule has 7 heteroatoms. The molecular formula is C17H23N5OS. The van der Waals surface area contributed by atoms with E-state index in [9.17, 15) is 4.79 Å². The lowest BCUT2D eigenvalue weighted by molar-refractivity contribution is 0.0931. The zero-order valence-corrected chi connectivity index (χ0v) is 15.0. The molecule has 1 amide bonds. The van der Waals surface area contributed by atoms with Gasteiger partial charge in [-0.15, -0.1) is 5.10 Å². The summed E-state index contributed by atoms with van der Waals surface area (Å²) >= 11 is 1.54. The summed E-state index contributed by atoms with van der Waals surface area (Å²) in [5.41, 5.74) is 2.77. The molecule has 0 saturated carbocycles. The third-order valence-corrected chi connectivity index (χ3v) is 5.08. The van der Waals surface area contributed by atoms with E-state index in [1.54, 1.807) is 11.3 Å². The van der Waals surface area contributed by atoms with Gasteiger partial charge in [0.1, 0.15) is 0 Å². The lowest BCUT2D eigenvalue weighted by Crippen LogP contribution is -2.45. The molecule has 0 aromatic carbocycles. The molecular weight excluding hydrogens is 322 g/mol. The minimum Gasteiger partial charge on any atom is -0.349 e. The molecule has 0 spiro atoms. The monoisotopic (exact) mass is 345 g/mol. The second-order valence-electron chi connectivity index (χ2n) is 5.96. The number of aromatic nitrogens is 3. The fourth-order valence-corrected chi connectivity index (χ4v) is 3.58.